The number of unbranched alkanes of at least 4 members (excludes halogenated alkanes) is 52. The van der Waals surface area contributed by atoms with Crippen LogP contribution >= 0.6 is 15.6 Å². The van der Waals surface area contributed by atoms with Crippen LogP contribution in [-0.4, -0.2) is 96.7 Å². The fourth-order valence-electron chi connectivity index (χ4n) is 13.7. The molecule has 0 aliphatic heterocycles. The molecule has 17 nitrogen and oxygen atoms in total. The summed E-state index contributed by atoms with van der Waals surface area (Å²) in [7, 11) is -9.93. The summed E-state index contributed by atoms with van der Waals surface area (Å²) >= 11 is 0. The second kappa shape index (κ2) is 78.0. The van der Waals surface area contributed by atoms with Gasteiger partial charge in [-0.25, -0.2) is 9.13 Å². The number of aliphatic hydroxyl groups excluding tert-OH is 1. The molecule has 0 heterocycles. The molecule has 7 atom stereocenters. The highest BCUT2D eigenvalue weighted by molar-refractivity contribution is 7.47. The van der Waals surface area contributed by atoms with Gasteiger partial charge in [0.15, 0.2) is 12.2 Å². The summed E-state index contributed by atoms with van der Waals surface area (Å²) in [5.41, 5.74) is 0. The predicted octanol–water partition coefficient (Wildman–Crippen LogP) is 26.9. The average molecular weight is 1560 g/mol. The Hall–Kier alpha value is -1.94. The molecular weight excluding hydrogens is 1390 g/mol. The molecule has 4 unspecified atom stereocenters. The molecule has 107 heavy (non-hydrogen) atoms. The van der Waals surface area contributed by atoms with Crippen molar-refractivity contribution < 1.29 is 80.2 Å². The number of aliphatic hydroxyl groups is 1. The van der Waals surface area contributed by atoms with Gasteiger partial charge in [0, 0.05) is 25.7 Å². The van der Waals surface area contributed by atoms with E-state index >= 15 is 0 Å². The Kier molecular flexibility index (Phi) is 76.6. The van der Waals surface area contributed by atoms with Crippen LogP contribution in [0.4, 0.5) is 0 Å². The number of carbonyl (C=O) groups is 4. The summed E-state index contributed by atoms with van der Waals surface area (Å²) in [5, 5.41) is 10.7. The molecule has 0 aromatic rings. The van der Waals surface area contributed by atoms with E-state index in [0.717, 1.165) is 114 Å². The molecule has 0 aliphatic rings. The van der Waals surface area contributed by atoms with Gasteiger partial charge in [0.25, 0.3) is 0 Å². The third-order valence-corrected chi connectivity index (χ3v) is 23.3. The number of hydrogen-bond donors (Lipinski definition) is 3. The Labute approximate surface area is 658 Å². The summed E-state index contributed by atoms with van der Waals surface area (Å²) in [6.07, 6.45) is 69.5. The molecular formula is C88H172O17P2. The monoisotopic (exact) mass is 1560 g/mol. The number of phosphoric ester groups is 2. The largest absolute Gasteiger partial charge is 0.472 e. The Morgan fingerprint density at radius 3 is 0.710 bits per heavy atom. The SMILES string of the molecule is CCCCCCCCCCCCCCCCCCCCCCCC(=O)O[C@H](COC(=O)CCCCCCCCCCCCCCCCCC(C)C)COP(=O)(O)OC[C@@H](O)COP(=O)(O)OC[C@@H](COC(=O)CCCCCCCCC(C)CC)OC(=O)CCCCCCCCCCCCCCCCC(C)CC. The number of rotatable bonds is 86. The van der Waals surface area contributed by atoms with Gasteiger partial charge in [-0.05, 0) is 43.4 Å². The normalized spacial score (nSPS) is 14.3. The van der Waals surface area contributed by atoms with Crippen LogP contribution in [0.15, 0.2) is 0 Å². The van der Waals surface area contributed by atoms with E-state index in [4.69, 9.17) is 37.0 Å². The summed E-state index contributed by atoms with van der Waals surface area (Å²) < 4.78 is 69.0. The lowest BCUT2D eigenvalue weighted by molar-refractivity contribution is -0.161. The van der Waals surface area contributed by atoms with Gasteiger partial charge in [0.05, 0.1) is 26.4 Å². The van der Waals surface area contributed by atoms with E-state index in [-0.39, 0.29) is 25.7 Å². The Balaban J connectivity index is 5.23. The molecule has 0 aromatic carbocycles. The van der Waals surface area contributed by atoms with E-state index in [1.54, 1.807) is 0 Å². The second-order valence-electron chi connectivity index (χ2n) is 32.6. The van der Waals surface area contributed by atoms with Gasteiger partial charge in [-0.2, -0.15) is 0 Å². The highest BCUT2D eigenvalue weighted by Gasteiger charge is 2.31. The molecule has 0 rings (SSSR count). The van der Waals surface area contributed by atoms with Gasteiger partial charge in [0.2, 0.25) is 0 Å². The minimum Gasteiger partial charge on any atom is -0.462 e. The topological polar surface area (TPSA) is 237 Å². The second-order valence-corrected chi connectivity index (χ2v) is 35.5. The van der Waals surface area contributed by atoms with Crippen molar-refractivity contribution in [2.45, 2.75) is 484 Å². The smallest absolute Gasteiger partial charge is 0.462 e. The van der Waals surface area contributed by atoms with Gasteiger partial charge >= 0.3 is 39.5 Å². The lowest BCUT2D eigenvalue weighted by Gasteiger charge is -2.21. The summed E-state index contributed by atoms with van der Waals surface area (Å²) in [6, 6.07) is 0. The highest BCUT2D eigenvalue weighted by atomic mass is 31.2. The predicted molar refractivity (Wildman–Crippen MR) is 441 cm³/mol. The number of esters is 4. The summed E-state index contributed by atoms with van der Waals surface area (Å²) in [5.74, 6) is 0.279. The lowest BCUT2D eigenvalue weighted by Crippen LogP contribution is -2.30. The van der Waals surface area contributed by atoms with E-state index in [1.165, 1.54) is 270 Å². The van der Waals surface area contributed by atoms with Crippen molar-refractivity contribution in [3.05, 3.63) is 0 Å². The van der Waals surface area contributed by atoms with Crippen LogP contribution in [0.2, 0.25) is 0 Å². The van der Waals surface area contributed by atoms with Crippen molar-refractivity contribution >= 4 is 39.5 Å². The fourth-order valence-corrected chi connectivity index (χ4v) is 15.2. The maximum Gasteiger partial charge on any atom is 0.472 e. The van der Waals surface area contributed by atoms with Gasteiger partial charge < -0.3 is 33.8 Å². The van der Waals surface area contributed by atoms with E-state index in [2.05, 4.69) is 48.5 Å². The highest BCUT2D eigenvalue weighted by Crippen LogP contribution is 2.45. The third kappa shape index (κ3) is 79.1. The van der Waals surface area contributed by atoms with Crippen molar-refractivity contribution in [3.8, 4) is 0 Å². The minimum atomic E-state index is -4.97. The molecule has 0 aliphatic carbocycles. The molecule has 3 N–H and O–H groups in total. The minimum absolute atomic E-state index is 0.107. The van der Waals surface area contributed by atoms with Gasteiger partial charge in [0.1, 0.15) is 19.3 Å². The fraction of sp³-hybridized carbons (Fsp3) is 0.955. The number of ether oxygens (including phenoxy) is 4. The average Bonchev–Trinajstić information content (AvgIpc) is 0.912. The molecule has 0 saturated heterocycles. The maximum atomic E-state index is 13.2. The van der Waals surface area contributed by atoms with Crippen LogP contribution in [0, 0.1) is 17.8 Å². The molecule has 0 bridgehead atoms. The Morgan fingerprint density at radius 1 is 0.271 bits per heavy atom. The van der Waals surface area contributed by atoms with E-state index in [1.807, 2.05) is 0 Å². The third-order valence-electron chi connectivity index (χ3n) is 21.4. The van der Waals surface area contributed by atoms with Crippen LogP contribution < -0.4 is 0 Å². The van der Waals surface area contributed by atoms with E-state index < -0.39 is 97.5 Å². The number of carbonyl (C=O) groups excluding carboxylic acids is 4. The van der Waals surface area contributed by atoms with Crippen LogP contribution in [0.5, 0.6) is 0 Å². The summed E-state index contributed by atoms with van der Waals surface area (Å²) in [4.78, 5) is 73.3. The van der Waals surface area contributed by atoms with Crippen LogP contribution in [0.3, 0.4) is 0 Å². The molecule has 0 radical (unpaired) electrons. The number of phosphoric acid groups is 2. The zero-order chi connectivity index (χ0) is 78.6. The molecule has 636 valence electrons. The maximum absolute atomic E-state index is 13.2. The molecule has 0 saturated carbocycles. The Morgan fingerprint density at radius 2 is 0.477 bits per heavy atom. The van der Waals surface area contributed by atoms with Crippen molar-refractivity contribution in [2.24, 2.45) is 17.8 Å². The zero-order valence-corrected chi connectivity index (χ0v) is 72.4. The quantitative estimate of drug-likeness (QED) is 0.0222. The molecule has 19 heteroatoms. The molecule has 0 spiro atoms. The first-order chi connectivity index (χ1) is 51.8. The van der Waals surface area contributed by atoms with Crippen LogP contribution in [0.1, 0.15) is 466 Å². The number of hydrogen-bond acceptors (Lipinski definition) is 15. The first-order valence-corrected chi connectivity index (χ1v) is 48.4. The molecule has 0 aromatic heterocycles. The van der Waals surface area contributed by atoms with Gasteiger partial charge in [-0.15, -0.1) is 0 Å². The standard InChI is InChI=1S/C88H172O17P2/c1-8-11-12-13-14-15-16-17-18-19-20-21-22-23-26-33-38-43-48-57-64-71-87(92)104-83(75-98-85(90)69-62-55-47-42-37-32-27-24-25-30-35-40-45-52-59-66-79(4)5)77-102-106(94,95)100-73-82(89)74-101-107(96,97)103-78-84(76-99-86(91)70-63-56-51-50-54-61-68-81(7)10-3)105-88(93)72-65-58-49-44-39-34-29-28-31-36-41-46-53-60-67-80(6)9-2/h79-84,89H,8-78H2,1-7H3,(H,94,95)(H,96,97)/t80?,81?,82-,83-,84-/m1/s1. The lowest BCUT2D eigenvalue weighted by atomic mass is 9.99. The van der Waals surface area contributed by atoms with E-state index in [0.29, 0.717) is 25.7 Å². The Bertz CT molecular complexity index is 2060. The zero-order valence-electron chi connectivity index (χ0n) is 70.6. The van der Waals surface area contributed by atoms with Gasteiger partial charge in [-0.3, -0.25) is 37.3 Å². The molecule has 0 fully saturated rings. The first-order valence-electron chi connectivity index (χ1n) is 45.4. The van der Waals surface area contributed by atoms with Gasteiger partial charge in [-0.1, -0.05) is 414 Å². The van der Waals surface area contributed by atoms with Crippen LogP contribution in [0.25, 0.3) is 0 Å². The first kappa shape index (κ1) is 105. The van der Waals surface area contributed by atoms with E-state index in [9.17, 15) is 43.2 Å². The van der Waals surface area contributed by atoms with Crippen molar-refractivity contribution in [1.29, 1.82) is 0 Å². The van der Waals surface area contributed by atoms with Crippen molar-refractivity contribution in [1.82, 2.24) is 0 Å². The molecule has 0 amide bonds. The van der Waals surface area contributed by atoms with Crippen molar-refractivity contribution in [3.63, 3.8) is 0 Å². The van der Waals surface area contributed by atoms with Crippen molar-refractivity contribution in [2.75, 3.05) is 39.6 Å². The summed E-state index contributed by atoms with van der Waals surface area (Å²) in [6.45, 7) is 12.0. The van der Waals surface area contributed by atoms with Crippen LogP contribution in [-0.2, 0) is 65.4 Å².